The molecule has 0 radical (unpaired) electrons. The minimum absolute atomic E-state index is 0.0596. The van der Waals surface area contributed by atoms with Gasteiger partial charge in [0.1, 0.15) is 12.7 Å². The van der Waals surface area contributed by atoms with Crippen molar-refractivity contribution in [3.05, 3.63) is 84.4 Å². The van der Waals surface area contributed by atoms with Crippen LogP contribution in [0.25, 0.3) is 0 Å². The molecule has 4 rings (SSSR count). The van der Waals surface area contributed by atoms with Crippen molar-refractivity contribution in [3.8, 4) is 0 Å². The summed E-state index contributed by atoms with van der Waals surface area (Å²) in [5, 5.41) is 7.37. The van der Waals surface area contributed by atoms with Gasteiger partial charge < -0.3 is 5.32 Å². The molecule has 1 N–H and O–H groups in total. The zero-order chi connectivity index (χ0) is 17.1. The number of amides is 1. The summed E-state index contributed by atoms with van der Waals surface area (Å²) in [7, 11) is 0. The van der Waals surface area contributed by atoms with E-state index in [0.29, 0.717) is 12.5 Å². The molecule has 0 aliphatic heterocycles. The van der Waals surface area contributed by atoms with Gasteiger partial charge in [-0.2, -0.15) is 5.10 Å². The fourth-order valence-electron chi connectivity index (χ4n) is 3.27. The molecule has 3 atom stereocenters. The van der Waals surface area contributed by atoms with Crippen molar-refractivity contribution in [2.45, 2.75) is 24.9 Å². The average molecular weight is 332 g/mol. The number of aromatic nitrogens is 3. The van der Waals surface area contributed by atoms with Gasteiger partial charge in [0.15, 0.2) is 0 Å². The van der Waals surface area contributed by atoms with Crippen molar-refractivity contribution in [3.63, 3.8) is 0 Å². The molecule has 1 saturated carbocycles. The van der Waals surface area contributed by atoms with Crippen molar-refractivity contribution in [2.75, 3.05) is 0 Å². The van der Waals surface area contributed by atoms with Crippen molar-refractivity contribution >= 4 is 5.91 Å². The van der Waals surface area contributed by atoms with E-state index in [1.165, 1.54) is 11.9 Å². The topological polar surface area (TPSA) is 59.8 Å². The summed E-state index contributed by atoms with van der Waals surface area (Å²) >= 11 is 0. The SMILES string of the molecule is O=C(N[C@@H](Cn1cncn1)c1ccccc1)[C@H]1C[C@@H]1c1ccccc1. The lowest BCUT2D eigenvalue weighted by atomic mass is 10.1. The van der Waals surface area contributed by atoms with Crippen LogP contribution in [0.1, 0.15) is 29.5 Å². The summed E-state index contributed by atoms with van der Waals surface area (Å²) < 4.78 is 1.75. The fourth-order valence-corrected chi connectivity index (χ4v) is 3.27. The Kier molecular flexibility index (Phi) is 4.29. The smallest absolute Gasteiger partial charge is 0.224 e. The van der Waals surface area contributed by atoms with Crippen LogP contribution in [-0.4, -0.2) is 20.7 Å². The van der Waals surface area contributed by atoms with E-state index >= 15 is 0 Å². The van der Waals surface area contributed by atoms with Gasteiger partial charge in [0, 0.05) is 5.92 Å². The van der Waals surface area contributed by atoms with Crippen LogP contribution in [0.2, 0.25) is 0 Å². The second kappa shape index (κ2) is 6.89. The molecule has 1 fully saturated rings. The number of benzene rings is 2. The zero-order valence-electron chi connectivity index (χ0n) is 13.8. The molecular formula is C20H20N4O. The van der Waals surface area contributed by atoms with Crippen LogP contribution in [-0.2, 0) is 11.3 Å². The van der Waals surface area contributed by atoms with Crippen molar-refractivity contribution < 1.29 is 4.79 Å². The van der Waals surface area contributed by atoms with Crippen molar-refractivity contribution in [2.24, 2.45) is 5.92 Å². The summed E-state index contributed by atoms with van der Waals surface area (Å²) in [5.74, 6) is 0.510. The second-order valence-corrected chi connectivity index (χ2v) is 6.45. The first-order chi connectivity index (χ1) is 12.3. The first-order valence-corrected chi connectivity index (χ1v) is 8.54. The molecule has 0 unspecified atom stereocenters. The molecule has 1 heterocycles. The highest BCUT2D eigenvalue weighted by Gasteiger charge is 2.44. The molecule has 0 saturated heterocycles. The van der Waals surface area contributed by atoms with Gasteiger partial charge in [-0.05, 0) is 23.5 Å². The normalized spacial score (nSPS) is 20.0. The van der Waals surface area contributed by atoms with E-state index < -0.39 is 0 Å². The Morgan fingerprint density at radius 3 is 2.52 bits per heavy atom. The lowest BCUT2D eigenvalue weighted by molar-refractivity contribution is -0.123. The molecule has 1 aliphatic carbocycles. The zero-order valence-corrected chi connectivity index (χ0v) is 13.8. The van der Waals surface area contributed by atoms with E-state index in [1.807, 2.05) is 48.5 Å². The fraction of sp³-hybridized carbons (Fsp3) is 0.250. The van der Waals surface area contributed by atoms with Gasteiger partial charge in [0.05, 0.1) is 12.6 Å². The van der Waals surface area contributed by atoms with Gasteiger partial charge in [-0.25, -0.2) is 4.98 Å². The van der Waals surface area contributed by atoms with Crippen LogP contribution in [0.4, 0.5) is 0 Å². The van der Waals surface area contributed by atoms with Gasteiger partial charge in [0.2, 0.25) is 5.91 Å². The average Bonchev–Trinajstić information content (AvgIpc) is 3.31. The molecule has 1 aliphatic rings. The van der Waals surface area contributed by atoms with Crippen LogP contribution in [0, 0.1) is 5.92 Å². The molecule has 5 nitrogen and oxygen atoms in total. The highest BCUT2D eigenvalue weighted by molar-refractivity contribution is 5.83. The molecular weight excluding hydrogens is 312 g/mol. The second-order valence-electron chi connectivity index (χ2n) is 6.45. The Morgan fingerprint density at radius 2 is 1.84 bits per heavy atom. The van der Waals surface area contributed by atoms with Gasteiger partial charge in [0.25, 0.3) is 0 Å². The number of carbonyl (C=O) groups is 1. The number of nitrogens with zero attached hydrogens (tertiary/aromatic N) is 3. The summed E-state index contributed by atoms with van der Waals surface area (Å²) in [6, 6.07) is 20.2. The largest absolute Gasteiger partial charge is 0.347 e. The van der Waals surface area contributed by atoms with Crippen molar-refractivity contribution in [1.82, 2.24) is 20.1 Å². The third kappa shape index (κ3) is 3.60. The van der Waals surface area contributed by atoms with E-state index in [0.717, 1.165) is 12.0 Å². The van der Waals surface area contributed by atoms with Gasteiger partial charge >= 0.3 is 0 Å². The quantitative estimate of drug-likeness (QED) is 0.755. The monoisotopic (exact) mass is 332 g/mol. The maximum Gasteiger partial charge on any atom is 0.224 e. The third-order valence-corrected chi connectivity index (χ3v) is 4.71. The molecule has 0 bridgehead atoms. The number of hydrogen-bond donors (Lipinski definition) is 1. The van der Waals surface area contributed by atoms with E-state index in [-0.39, 0.29) is 17.9 Å². The first-order valence-electron chi connectivity index (χ1n) is 8.54. The van der Waals surface area contributed by atoms with Crippen LogP contribution in [0.3, 0.4) is 0 Å². The maximum absolute atomic E-state index is 12.7. The van der Waals surface area contributed by atoms with Crippen LogP contribution < -0.4 is 5.32 Å². The number of hydrogen-bond acceptors (Lipinski definition) is 3. The Balaban J connectivity index is 1.46. The summed E-state index contributed by atoms with van der Waals surface area (Å²) in [4.78, 5) is 16.7. The van der Waals surface area contributed by atoms with Crippen LogP contribution in [0.5, 0.6) is 0 Å². The van der Waals surface area contributed by atoms with Crippen LogP contribution in [0.15, 0.2) is 73.3 Å². The Hall–Kier alpha value is -2.95. The minimum atomic E-state index is -0.118. The molecule has 126 valence electrons. The third-order valence-electron chi connectivity index (χ3n) is 4.71. The van der Waals surface area contributed by atoms with Crippen molar-refractivity contribution in [1.29, 1.82) is 0 Å². The molecule has 3 aromatic rings. The predicted octanol–water partition coefficient (Wildman–Crippen LogP) is 2.94. The van der Waals surface area contributed by atoms with Gasteiger partial charge in [-0.3, -0.25) is 9.48 Å². The van der Waals surface area contributed by atoms with Gasteiger partial charge in [-0.15, -0.1) is 0 Å². The molecule has 1 amide bonds. The molecule has 0 spiro atoms. The van der Waals surface area contributed by atoms with Crippen LogP contribution >= 0.6 is 0 Å². The molecule has 25 heavy (non-hydrogen) atoms. The van der Waals surface area contributed by atoms with E-state index in [1.54, 1.807) is 11.0 Å². The summed E-state index contributed by atoms with van der Waals surface area (Å²) in [6.45, 7) is 0.568. The lowest BCUT2D eigenvalue weighted by Crippen LogP contribution is -2.33. The highest BCUT2D eigenvalue weighted by atomic mass is 16.2. The number of carbonyl (C=O) groups excluding carboxylic acids is 1. The molecule has 1 aromatic heterocycles. The Labute approximate surface area is 146 Å². The maximum atomic E-state index is 12.7. The standard InChI is InChI=1S/C20H20N4O/c25-20(18-11-17(18)15-7-3-1-4-8-15)23-19(12-24-14-21-13-22-24)16-9-5-2-6-10-16/h1-10,13-14,17-19H,11-12H2,(H,23,25)/t17-,18+,19+/m1/s1. The Bertz CT molecular complexity index is 817. The number of nitrogens with one attached hydrogen (secondary N) is 1. The predicted molar refractivity (Wildman–Crippen MR) is 94.6 cm³/mol. The molecule has 2 aromatic carbocycles. The first kappa shape index (κ1) is 15.6. The number of rotatable bonds is 6. The van der Waals surface area contributed by atoms with E-state index in [4.69, 9.17) is 0 Å². The summed E-state index contributed by atoms with van der Waals surface area (Å²) in [6.07, 6.45) is 4.10. The van der Waals surface area contributed by atoms with E-state index in [2.05, 4.69) is 27.5 Å². The van der Waals surface area contributed by atoms with Gasteiger partial charge in [-0.1, -0.05) is 60.7 Å². The summed E-state index contributed by atoms with van der Waals surface area (Å²) in [5.41, 5.74) is 2.32. The molecule has 5 heteroatoms. The Morgan fingerprint density at radius 1 is 1.12 bits per heavy atom. The van der Waals surface area contributed by atoms with E-state index in [9.17, 15) is 4.79 Å². The minimum Gasteiger partial charge on any atom is -0.347 e. The lowest BCUT2D eigenvalue weighted by Gasteiger charge is -2.19. The highest BCUT2D eigenvalue weighted by Crippen LogP contribution is 2.47.